The Bertz CT molecular complexity index is 557. The van der Waals surface area contributed by atoms with Crippen molar-refractivity contribution in [3.8, 4) is 0 Å². The second-order valence-electron chi connectivity index (χ2n) is 5.20. The van der Waals surface area contributed by atoms with Gasteiger partial charge in [0.1, 0.15) is 9.84 Å². The van der Waals surface area contributed by atoms with Crippen molar-refractivity contribution in [3.63, 3.8) is 0 Å². The first-order chi connectivity index (χ1) is 8.66. The van der Waals surface area contributed by atoms with E-state index in [1.165, 1.54) is 4.90 Å². The summed E-state index contributed by atoms with van der Waals surface area (Å²) in [5.74, 6) is -1.28. The first-order valence-corrected chi connectivity index (χ1v) is 9.46. The topological polar surface area (TPSA) is 88.6 Å². The van der Waals surface area contributed by atoms with Crippen LogP contribution < -0.4 is 0 Å². The number of carbonyl (C=O) groups excluding carboxylic acids is 1. The van der Waals surface area contributed by atoms with Crippen LogP contribution in [0.25, 0.3) is 0 Å². The van der Waals surface area contributed by atoms with Crippen LogP contribution in [0.15, 0.2) is 0 Å². The van der Waals surface area contributed by atoms with E-state index in [-0.39, 0.29) is 36.4 Å². The molecule has 0 saturated carbocycles. The van der Waals surface area contributed by atoms with E-state index >= 15 is 0 Å². The molecule has 1 atom stereocenters. The molecule has 0 aromatic heterocycles. The number of halogens is 1. The second kappa shape index (κ2) is 5.01. The van der Waals surface area contributed by atoms with Gasteiger partial charge >= 0.3 is 10.2 Å². The quantitative estimate of drug-likeness (QED) is 0.668. The summed E-state index contributed by atoms with van der Waals surface area (Å²) in [6, 6.07) is -0.164. The summed E-state index contributed by atoms with van der Waals surface area (Å²) >= 11 is 0. The summed E-state index contributed by atoms with van der Waals surface area (Å²) in [6.45, 7) is 0.201. The third-order valence-corrected chi connectivity index (χ3v) is 6.22. The molecular weight excluding hydrogens is 297 g/mol. The number of amides is 1. The SMILES string of the molecule is O=C1CC(CS(=O)(=O)F)CN1C1CCS(=O)(=O)CC1. The first-order valence-electron chi connectivity index (χ1n) is 6.08. The van der Waals surface area contributed by atoms with Gasteiger partial charge in [0.05, 0.1) is 17.3 Å². The number of carbonyl (C=O) groups is 1. The predicted molar refractivity (Wildman–Crippen MR) is 66.4 cm³/mol. The van der Waals surface area contributed by atoms with Crippen LogP contribution in [0.2, 0.25) is 0 Å². The molecule has 0 bridgehead atoms. The van der Waals surface area contributed by atoms with Crippen molar-refractivity contribution in [1.29, 1.82) is 0 Å². The van der Waals surface area contributed by atoms with Crippen molar-refractivity contribution in [2.45, 2.75) is 25.3 Å². The first kappa shape index (κ1) is 14.7. The molecule has 0 aliphatic carbocycles. The Morgan fingerprint density at radius 3 is 2.37 bits per heavy atom. The summed E-state index contributed by atoms with van der Waals surface area (Å²) in [7, 11) is -7.58. The van der Waals surface area contributed by atoms with Gasteiger partial charge in [-0.05, 0) is 12.8 Å². The van der Waals surface area contributed by atoms with Crippen LogP contribution in [-0.4, -0.2) is 57.5 Å². The van der Waals surface area contributed by atoms with Gasteiger partial charge in [0, 0.05) is 24.9 Å². The molecule has 0 aromatic carbocycles. The Labute approximate surface area is 112 Å². The molecule has 0 spiro atoms. The maximum Gasteiger partial charge on any atom is 0.302 e. The van der Waals surface area contributed by atoms with Gasteiger partial charge in [-0.1, -0.05) is 0 Å². The molecule has 0 radical (unpaired) electrons. The normalized spacial score (nSPS) is 28.8. The molecule has 2 rings (SSSR count). The Morgan fingerprint density at radius 2 is 1.84 bits per heavy atom. The van der Waals surface area contributed by atoms with Gasteiger partial charge in [0.15, 0.2) is 0 Å². The van der Waals surface area contributed by atoms with Crippen LogP contribution in [0.4, 0.5) is 3.89 Å². The molecule has 9 heteroatoms. The minimum Gasteiger partial charge on any atom is -0.339 e. The van der Waals surface area contributed by atoms with Crippen LogP contribution in [0.3, 0.4) is 0 Å². The molecule has 1 unspecified atom stereocenters. The fraction of sp³-hybridized carbons (Fsp3) is 0.900. The van der Waals surface area contributed by atoms with Crippen molar-refractivity contribution in [1.82, 2.24) is 4.90 Å². The molecule has 2 saturated heterocycles. The largest absolute Gasteiger partial charge is 0.339 e. The Kier molecular flexibility index (Phi) is 3.87. The van der Waals surface area contributed by atoms with E-state index in [4.69, 9.17) is 0 Å². The van der Waals surface area contributed by atoms with Gasteiger partial charge in [-0.15, -0.1) is 3.89 Å². The molecule has 2 aliphatic rings. The highest BCUT2D eigenvalue weighted by molar-refractivity contribution is 7.91. The third kappa shape index (κ3) is 3.88. The van der Waals surface area contributed by atoms with E-state index in [9.17, 15) is 25.5 Å². The molecule has 110 valence electrons. The second-order valence-corrected chi connectivity index (χ2v) is 8.92. The lowest BCUT2D eigenvalue weighted by Gasteiger charge is -2.31. The van der Waals surface area contributed by atoms with E-state index < -0.39 is 31.7 Å². The predicted octanol–water partition coefficient (Wildman–Crippen LogP) is -0.289. The van der Waals surface area contributed by atoms with Crippen molar-refractivity contribution in [3.05, 3.63) is 0 Å². The lowest BCUT2D eigenvalue weighted by molar-refractivity contribution is -0.129. The fourth-order valence-electron chi connectivity index (χ4n) is 2.74. The molecule has 0 aromatic rings. The standard InChI is InChI=1S/C10H16FNO5S2/c11-19(16,17)7-8-5-10(13)12(6-8)9-1-3-18(14,15)4-2-9/h8-9H,1-7H2. The number of hydrogen-bond donors (Lipinski definition) is 0. The molecule has 2 heterocycles. The molecule has 1 amide bonds. The van der Waals surface area contributed by atoms with Crippen LogP contribution in [0, 0.1) is 5.92 Å². The lowest BCUT2D eigenvalue weighted by Crippen LogP contribution is -2.42. The van der Waals surface area contributed by atoms with E-state index in [0.717, 1.165) is 0 Å². The van der Waals surface area contributed by atoms with E-state index in [1.807, 2.05) is 0 Å². The monoisotopic (exact) mass is 313 g/mol. The number of sulfone groups is 1. The van der Waals surface area contributed by atoms with Crippen LogP contribution in [0.1, 0.15) is 19.3 Å². The minimum atomic E-state index is -4.58. The van der Waals surface area contributed by atoms with Crippen molar-refractivity contribution < 1.29 is 25.5 Å². The molecule has 2 fully saturated rings. The Morgan fingerprint density at radius 1 is 1.26 bits per heavy atom. The zero-order chi connectivity index (χ0) is 14.3. The molecule has 6 nitrogen and oxygen atoms in total. The smallest absolute Gasteiger partial charge is 0.302 e. The van der Waals surface area contributed by atoms with Gasteiger partial charge in [-0.2, -0.15) is 8.42 Å². The third-order valence-electron chi connectivity index (χ3n) is 3.64. The molecule has 19 heavy (non-hydrogen) atoms. The minimum absolute atomic E-state index is 0.0202. The van der Waals surface area contributed by atoms with E-state index in [2.05, 4.69) is 0 Å². The van der Waals surface area contributed by atoms with Gasteiger partial charge in [-0.25, -0.2) is 8.42 Å². The highest BCUT2D eigenvalue weighted by atomic mass is 32.3. The Balaban J connectivity index is 1.97. The van der Waals surface area contributed by atoms with Gasteiger partial charge in [0.2, 0.25) is 5.91 Å². The van der Waals surface area contributed by atoms with Crippen molar-refractivity contribution >= 4 is 26.0 Å². The zero-order valence-electron chi connectivity index (χ0n) is 10.3. The number of hydrogen-bond acceptors (Lipinski definition) is 5. The fourth-order valence-corrected chi connectivity index (χ4v) is 5.00. The summed E-state index contributed by atoms with van der Waals surface area (Å²) in [6.07, 6.45) is 0.777. The summed E-state index contributed by atoms with van der Waals surface area (Å²) < 4.78 is 56.4. The van der Waals surface area contributed by atoms with E-state index in [1.54, 1.807) is 0 Å². The van der Waals surface area contributed by atoms with Crippen LogP contribution in [-0.2, 0) is 24.9 Å². The number of likely N-dealkylation sites (tertiary alicyclic amines) is 1. The van der Waals surface area contributed by atoms with Crippen LogP contribution in [0.5, 0.6) is 0 Å². The number of nitrogens with zero attached hydrogens (tertiary/aromatic N) is 1. The maximum atomic E-state index is 12.6. The highest BCUT2D eigenvalue weighted by Gasteiger charge is 2.38. The van der Waals surface area contributed by atoms with Gasteiger partial charge in [-0.3, -0.25) is 4.79 Å². The maximum absolute atomic E-state index is 12.6. The average molecular weight is 313 g/mol. The number of rotatable bonds is 3. The van der Waals surface area contributed by atoms with E-state index in [0.29, 0.717) is 12.8 Å². The molecule has 2 aliphatic heterocycles. The highest BCUT2D eigenvalue weighted by Crippen LogP contribution is 2.27. The van der Waals surface area contributed by atoms with Gasteiger partial charge in [0.25, 0.3) is 0 Å². The summed E-state index contributed by atoms with van der Waals surface area (Å²) in [5, 5.41) is 0. The Hall–Kier alpha value is -0.700. The molecular formula is C10H16FNO5S2. The van der Waals surface area contributed by atoms with Gasteiger partial charge < -0.3 is 4.90 Å². The summed E-state index contributed by atoms with van der Waals surface area (Å²) in [4.78, 5) is 13.3. The zero-order valence-corrected chi connectivity index (χ0v) is 11.9. The van der Waals surface area contributed by atoms with Crippen molar-refractivity contribution in [2.75, 3.05) is 23.8 Å². The van der Waals surface area contributed by atoms with Crippen LogP contribution >= 0.6 is 0 Å². The van der Waals surface area contributed by atoms with Crippen molar-refractivity contribution in [2.24, 2.45) is 5.92 Å². The average Bonchev–Trinajstić information content (AvgIpc) is 2.56. The lowest BCUT2D eigenvalue weighted by atomic mass is 10.1. The molecule has 0 N–H and O–H groups in total. The summed E-state index contributed by atoms with van der Waals surface area (Å²) in [5.41, 5.74) is 0.